The predicted octanol–water partition coefficient (Wildman–Crippen LogP) is 2.70. The molecular formula is C16H14ClN5OS. The third-order valence-electron chi connectivity index (χ3n) is 3.97. The van der Waals surface area contributed by atoms with Gasteiger partial charge in [0.2, 0.25) is 0 Å². The molecule has 1 aliphatic heterocycles. The topological polar surface area (TPSA) is 62.2 Å². The third kappa shape index (κ3) is 2.92. The molecule has 24 heavy (non-hydrogen) atoms. The number of rotatable bonds is 2. The van der Waals surface area contributed by atoms with Gasteiger partial charge in [-0.1, -0.05) is 11.6 Å². The van der Waals surface area contributed by atoms with E-state index in [9.17, 15) is 4.79 Å². The van der Waals surface area contributed by atoms with Crippen molar-refractivity contribution in [2.75, 3.05) is 31.1 Å². The fourth-order valence-corrected chi connectivity index (χ4v) is 3.80. The van der Waals surface area contributed by atoms with Crippen LogP contribution in [0.4, 0.5) is 5.82 Å². The van der Waals surface area contributed by atoms with E-state index in [0.717, 1.165) is 29.1 Å². The fourth-order valence-electron chi connectivity index (χ4n) is 2.72. The quantitative estimate of drug-likeness (QED) is 0.704. The Kier molecular flexibility index (Phi) is 4.03. The monoisotopic (exact) mass is 359 g/mol. The number of amides is 1. The van der Waals surface area contributed by atoms with Crippen LogP contribution in [0.3, 0.4) is 0 Å². The molecule has 6 nitrogen and oxygen atoms in total. The van der Waals surface area contributed by atoms with Crippen molar-refractivity contribution in [1.82, 2.24) is 19.9 Å². The van der Waals surface area contributed by atoms with Crippen LogP contribution in [-0.4, -0.2) is 51.9 Å². The highest BCUT2D eigenvalue weighted by atomic mass is 35.5. The molecule has 0 radical (unpaired) electrons. The minimum Gasteiger partial charge on any atom is -0.352 e. The van der Waals surface area contributed by atoms with Crippen molar-refractivity contribution in [3.8, 4) is 0 Å². The van der Waals surface area contributed by atoms with Crippen molar-refractivity contribution in [1.29, 1.82) is 0 Å². The summed E-state index contributed by atoms with van der Waals surface area (Å²) < 4.78 is 0.973. The number of carbonyl (C=O) groups excluding carboxylic acids is 1. The number of thiazole rings is 1. The zero-order valence-electron chi connectivity index (χ0n) is 12.7. The number of anilines is 1. The van der Waals surface area contributed by atoms with Gasteiger partial charge >= 0.3 is 0 Å². The van der Waals surface area contributed by atoms with Gasteiger partial charge in [0.1, 0.15) is 5.82 Å². The van der Waals surface area contributed by atoms with Crippen LogP contribution in [0.15, 0.2) is 36.8 Å². The molecule has 0 unspecified atom stereocenters. The smallest absolute Gasteiger partial charge is 0.282 e. The van der Waals surface area contributed by atoms with Crippen molar-refractivity contribution < 1.29 is 4.79 Å². The predicted molar refractivity (Wildman–Crippen MR) is 94.8 cm³/mol. The van der Waals surface area contributed by atoms with Crippen LogP contribution in [-0.2, 0) is 0 Å². The number of benzene rings is 1. The summed E-state index contributed by atoms with van der Waals surface area (Å²) in [5.74, 6) is 0.824. The first-order chi connectivity index (χ1) is 11.7. The van der Waals surface area contributed by atoms with E-state index in [-0.39, 0.29) is 5.91 Å². The molecule has 0 saturated carbocycles. The third-order valence-corrected chi connectivity index (χ3v) is 5.23. The van der Waals surface area contributed by atoms with Gasteiger partial charge in [0, 0.05) is 43.6 Å². The summed E-state index contributed by atoms with van der Waals surface area (Å²) in [5.41, 5.74) is 0.772. The van der Waals surface area contributed by atoms with Gasteiger partial charge in [-0.2, -0.15) is 0 Å². The first-order valence-corrected chi connectivity index (χ1v) is 8.76. The van der Waals surface area contributed by atoms with Gasteiger partial charge in [-0.05, 0) is 18.2 Å². The highest BCUT2D eigenvalue weighted by molar-refractivity contribution is 7.20. The SMILES string of the molecule is O=C(c1nc2cc(Cl)ccc2s1)N1CCN(c2cnccn2)CC1. The maximum absolute atomic E-state index is 12.7. The molecule has 1 aromatic carbocycles. The molecule has 1 saturated heterocycles. The second kappa shape index (κ2) is 6.33. The van der Waals surface area contributed by atoms with Gasteiger partial charge in [-0.3, -0.25) is 9.78 Å². The summed E-state index contributed by atoms with van der Waals surface area (Å²) in [6, 6.07) is 5.50. The molecule has 122 valence electrons. The number of piperazine rings is 1. The molecule has 1 fully saturated rings. The van der Waals surface area contributed by atoms with Gasteiger partial charge in [0.15, 0.2) is 5.01 Å². The summed E-state index contributed by atoms with van der Waals surface area (Å²) in [6.45, 7) is 2.76. The highest BCUT2D eigenvalue weighted by Gasteiger charge is 2.25. The van der Waals surface area contributed by atoms with Gasteiger partial charge in [-0.15, -0.1) is 11.3 Å². The van der Waals surface area contributed by atoms with E-state index < -0.39 is 0 Å². The minimum absolute atomic E-state index is 0.0221. The summed E-state index contributed by atoms with van der Waals surface area (Å²) in [4.78, 5) is 29.5. The second-order valence-corrected chi connectivity index (χ2v) is 6.94. The second-order valence-electron chi connectivity index (χ2n) is 5.47. The maximum atomic E-state index is 12.7. The summed E-state index contributed by atoms with van der Waals surface area (Å²) in [5, 5.41) is 1.14. The molecule has 2 aromatic heterocycles. The number of halogens is 1. The standard InChI is InChI=1S/C16H14ClN5OS/c17-11-1-2-13-12(9-11)20-15(24-13)16(23)22-7-5-21(6-8-22)14-10-18-3-4-19-14/h1-4,9-10H,5-8H2. The number of hydrogen-bond acceptors (Lipinski definition) is 6. The number of hydrogen-bond donors (Lipinski definition) is 0. The average Bonchev–Trinajstić information content (AvgIpc) is 3.05. The first-order valence-electron chi connectivity index (χ1n) is 7.57. The molecule has 1 amide bonds. The lowest BCUT2D eigenvalue weighted by Crippen LogP contribution is -2.49. The molecular weight excluding hydrogens is 346 g/mol. The van der Waals surface area contributed by atoms with E-state index in [0.29, 0.717) is 23.1 Å². The molecule has 0 atom stereocenters. The van der Waals surface area contributed by atoms with Crippen LogP contribution in [0.25, 0.3) is 10.2 Å². The first kappa shape index (κ1) is 15.3. The summed E-state index contributed by atoms with van der Waals surface area (Å²) in [7, 11) is 0. The van der Waals surface area contributed by atoms with Crippen LogP contribution in [0, 0.1) is 0 Å². The Morgan fingerprint density at radius 1 is 1.17 bits per heavy atom. The largest absolute Gasteiger partial charge is 0.352 e. The molecule has 0 bridgehead atoms. The maximum Gasteiger partial charge on any atom is 0.282 e. The fraction of sp³-hybridized carbons (Fsp3) is 0.250. The summed E-state index contributed by atoms with van der Waals surface area (Å²) >= 11 is 7.39. The normalized spacial score (nSPS) is 15.0. The van der Waals surface area contributed by atoms with E-state index in [2.05, 4.69) is 19.9 Å². The molecule has 0 spiro atoms. The molecule has 0 aliphatic carbocycles. The number of nitrogens with zero attached hydrogens (tertiary/aromatic N) is 5. The molecule has 3 heterocycles. The lowest BCUT2D eigenvalue weighted by molar-refractivity contribution is 0.0746. The lowest BCUT2D eigenvalue weighted by atomic mass is 10.3. The highest BCUT2D eigenvalue weighted by Crippen LogP contribution is 2.26. The Morgan fingerprint density at radius 2 is 2.00 bits per heavy atom. The van der Waals surface area contributed by atoms with E-state index in [1.807, 2.05) is 17.0 Å². The van der Waals surface area contributed by atoms with E-state index in [1.54, 1.807) is 24.7 Å². The van der Waals surface area contributed by atoms with Crippen molar-refractivity contribution >= 4 is 44.9 Å². The number of aromatic nitrogens is 3. The van der Waals surface area contributed by atoms with E-state index in [4.69, 9.17) is 11.6 Å². The molecule has 3 aromatic rings. The number of carbonyl (C=O) groups is 1. The van der Waals surface area contributed by atoms with Gasteiger partial charge in [0.05, 0.1) is 16.4 Å². The van der Waals surface area contributed by atoms with Crippen molar-refractivity contribution in [3.05, 3.63) is 46.8 Å². The molecule has 8 heteroatoms. The van der Waals surface area contributed by atoms with Crippen LogP contribution < -0.4 is 4.90 Å². The van der Waals surface area contributed by atoms with Crippen molar-refractivity contribution in [2.24, 2.45) is 0 Å². The van der Waals surface area contributed by atoms with Gasteiger partial charge < -0.3 is 9.80 Å². The van der Waals surface area contributed by atoms with Gasteiger partial charge in [0.25, 0.3) is 5.91 Å². The molecule has 1 aliphatic rings. The summed E-state index contributed by atoms with van der Waals surface area (Å²) in [6.07, 6.45) is 5.08. The Hall–Kier alpha value is -2.25. The van der Waals surface area contributed by atoms with E-state index in [1.165, 1.54) is 11.3 Å². The zero-order valence-corrected chi connectivity index (χ0v) is 14.3. The van der Waals surface area contributed by atoms with Crippen LogP contribution in [0.2, 0.25) is 5.02 Å². The number of fused-ring (bicyclic) bond motifs is 1. The Labute approximate surface area is 147 Å². The molecule has 4 rings (SSSR count). The minimum atomic E-state index is -0.0221. The van der Waals surface area contributed by atoms with Gasteiger partial charge in [-0.25, -0.2) is 9.97 Å². The van der Waals surface area contributed by atoms with Crippen LogP contribution >= 0.6 is 22.9 Å². The van der Waals surface area contributed by atoms with Crippen molar-refractivity contribution in [3.63, 3.8) is 0 Å². The Bertz CT molecular complexity index is 877. The lowest BCUT2D eigenvalue weighted by Gasteiger charge is -2.34. The van der Waals surface area contributed by atoms with Crippen LogP contribution in [0.1, 0.15) is 9.80 Å². The zero-order chi connectivity index (χ0) is 16.5. The van der Waals surface area contributed by atoms with Crippen LogP contribution in [0.5, 0.6) is 0 Å². The average molecular weight is 360 g/mol. The molecule has 0 N–H and O–H groups in total. The van der Waals surface area contributed by atoms with Crippen molar-refractivity contribution in [2.45, 2.75) is 0 Å². The Balaban J connectivity index is 1.47. The van der Waals surface area contributed by atoms with E-state index >= 15 is 0 Å². The Morgan fingerprint density at radius 3 is 2.75 bits per heavy atom.